The molecular weight excluding hydrogens is 242 g/mol. The molecule has 0 radical (unpaired) electrons. The lowest BCUT2D eigenvalue weighted by Crippen LogP contribution is -2.23. The van der Waals surface area contributed by atoms with Crippen LogP contribution in [0.5, 0.6) is 0 Å². The van der Waals surface area contributed by atoms with Crippen LogP contribution in [0.3, 0.4) is 0 Å². The Labute approximate surface area is 115 Å². The smallest absolute Gasteiger partial charge is 0.335 e. The second-order valence-electron chi connectivity index (χ2n) is 4.72. The van der Waals surface area contributed by atoms with Gasteiger partial charge in [0.2, 0.25) is 0 Å². The third kappa shape index (κ3) is 5.85. The Morgan fingerprint density at radius 3 is 2.68 bits per heavy atom. The molecule has 1 N–H and O–H groups in total. The van der Waals surface area contributed by atoms with Crippen LogP contribution >= 0.6 is 0 Å². The number of carboxylic acids is 1. The second kappa shape index (κ2) is 8.67. The number of carbonyl (C=O) groups is 1. The molecule has 0 atom stereocenters. The number of rotatable bonds is 9. The zero-order chi connectivity index (χ0) is 14.1. The van der Waals surface area contributed by atoms with Crippen LogP contribution in [0.25, 0.3) is 0 Å². The maximum absolute atomic E-state index is 11.1. The Bertz CT molecular complexity index is 393. The van der Waals surface area contributed by atoms with E-state index in [1.807, 2.05) is 12.1 Å². The minimum absolute atomic E-state index is 0.412. The average molecular weight is 265 g/mol. The molecule has 0 aromatic heterocycles. The molecule has 0 amide bonds. The van der Waals surface area contributed by atoms with Crippen molar-refractivity contribution in [3.8, 4) is 0 Å². The number of ether oxygens (including phenoxy) is 1. The van der Waals surface area contributed by atoms with E-state index in [9.17, 15) is 4.79 Å². The molecule has 106 valence electrons. The summed E-state index contributed by atoms with van der Waals surface area (Å²) < 4.78 is 5.01. The largest absolute Gasteiger partial charge is 0.478 e. The normalized spacial score (nSPS) is 10.9. The summed E-state index contributed by atoms with van der Waals surface area (Å²) in [5.41, 5.74) is 1.31. The van der Waals surface area contributed by atoms with Gasteiger partial charge in [-0.25, -0.2) is 4.79 Å². The van der Waals surface area contributed by atoms with Crippen molar-refractivity contribution in [2.75, 3.05) is 33.9 Å². The molecule has 1 aromatic rings. The summed E-state index contributed by atoms with van der Waals surface area (Å²) in [7, 11) is 3.78. The minimum atomic E-state index is -0.849. The molecule has 1 rings (SSSR count). The average Bonchev–Trinajstić information content (AvgIpc) is 2.41. The molecule has 0 heterocycles. The van der Waals surface area contributed by atoms with Gasteiger partial charge in [0.25, 0.3) is 0 Å². The van der Waals surface area contributed by atoms with Crippen LogP contribution in [-0.2, 0) is 11.2 Å². The van der Waals surface area contributed by atoms with Crippen LogP contribution in [0.15, 0.2) is 24.3 Å². The van der Waals surface area contributed by atoms with Crippen molar-refractivity contribution in [2.24, 2.45) is 0 Å². The summed E-state index contributed by atoms with van der Waals surface area (Å²) in [4.78, 5) is 13.3. The first kappa shape index (κ1) is 15.7. The molecule has 0 aliphatic rings. The lowest BCUT2D eigenvalue weighted by molar-refractivity contribution is 0.0695. The highest BCUT2D eigenvalue weighted by Gasteiger charge is 2.09. The molecule has 0 bridgehead atoms. The highest BCUT2D eigenvalue weighted by molar-refractivity contribution is 5.89. The van der Waals surface area contributed by atoms with Gasteiger partial charge in [-0.15, -0.1) is 0 Å². The molecule has 19 heavy (non-hydrogen) atoms. The number of unbranched alkanes of at least 4 members (excludes halogenated alkanes) is 1. The summed E-state index contributed by atoms with van der Waals surface area (Å²) in [6.07, 6.45) is 2.93. The summed E-state index contributed by atoms with van der Waals surface area (Å²) in [6.45, 7) is 2.69. The highest BCUT2D eigenvalue weighted by atomic mass is 16.5. The molecule has 0 unspecified atom stereocenters. The summed E-state index contributed by atoms with van der Waals surface area (Å²) in [6, 6.07) is 7.21. The van der Waals surface area contributed by atoms with Gasteiger partial charge in [0.15, 0.2) is 0 Å². The van der Waals surface area contributed by atoms with Crippen LogP contribution in [0.2, 0.25) is 0 Å². The first-order valence-corrected chi connectivity index (χ1v) is 6.64. The Morgan fingerprint density at radius 1 is 1.26 bits per heavy atom. The zero-order valence-corrected chi connectivity index (χ0v) is 11.8. The van der Waals surface area contributed by atoms with Crippen molar-refractivity contribution in [1.29, 1.82) is 0 Å². The van der Waals surface area contributed by atoms with E-state index in [0.717, 1.165) is 44.5 Å². The quantitative estimate of drug-likeness (QED) is 0.696. The lowest BCUT2D eigenvalue weighted by atomic mass is 10.0. The number of carboxylic acid groups (broad SMARTS) is 1. The van der Waals surface area contributed by atoms with Gasteiger partial charge in [0.1, 0.15) is 0 Å². The number of aromatic carboxylic acids is 1. The van der Waals surface area contributed by atoms with E-state index >= 15 is 0 Å². The highest BCUT2D eigenvalue weighted by Crippen LogP contribution is 2.10. The Morgan fingerprint density at radius 2 is 2.00 bits per heavy atom. The van der Waals surface area contributed by atoms with Gasteiger partial charge in [-0.2, -0.15) is 0 Å². The van der Waals surface area contributed by atoms with Gasteiger partial charge in [-0.3, -0.25) is 0 Å². The second-order valence-corrected chi connectivity index (χ2v) is 4.72. The van der Waals surface area contributed by atoms with Gasteiger partial charge in [-0.1, -0.05) is 18.2 Å². The fraction of sp³-hybridized carbons (Fsp3) is 0.533. The van der Waals surface area contributed by atoms with E-state index in [2.05, 4.69) is 11.9 Å². The predicted octanol–water partition coefficient (Wildman–Crippen LogP) is 2.29. The molecule has 0 saturated carbocycles. The first-order chi connectivity index (χ1) is 9.15. The lowest BCUT2D eigenvalue weighted by Gasteiger charge is -2.17. The topological polar surface area (TPSA) is 49.8 Å². The molecule has 0 spiro atoms. The number of hydrogen-bond acceptors (Lipinski definition) is 3. The van der Waals surface area contributed by atoms with Crippen LogP contribution in [0.1, 0.15) is 28.8 Å². The van der Waals surface area contributed by atoms with E-state index in [1.54, 1.807) is 19.2 Å². The maximum atomic E-state index is 11.1. The zero-order valence-electron chi connectivity index (χ0n) is 11.8. The molecule has 4 nitrogen and oxygen atoms in total. The number of hydrogen-bond donors (Lipinski definition) is 1. The van der Waals surface area contributed by atoms with Gasteiger partial charge in [-0.05, 0) is 44.5 Å². The van der Waals surface area contributed by atoms with E-state index < -0.39 is 5.97 Å². The van der Waals surface area contributed by atoms with Crippen LogP contribution in [0.4, 0.5) is 0 Å². The van der Waals surface area contributed by atoms with Crippen molar-refractivity contribution in [3.05, 3.63) is 35.4 Å². The van der Waals surface area contributed by atoms with Crippen molar-refractivity contribution < 1.29 is 14.6 Å². The SMILES string of the molecule is COCCCCN(C)CCc1ccccc1C(=O)O. The van der Waals surface area contributed by atoms with Gasteiger partial charge in [0, 0.05) is 20.3 Å². The molecule has 0 aliphatic carbocycles. The molecule has 0 fully saturated rings. The van der Waals surface area contributed by atoms with Crippen LogP contribution in [-0.4, -0.2) is 49.8 Å². The molecule has 0 aliphatic heterocycles. The standard InChI is InChI=1S/C15H23NO3/c1-16(10-5-6-12-19-2)11-9-13-7-3-4-8-14(13)15(17)18/h3-4,7-8H,5-6,9-12H2,1-2H3,(H,17,18). The monoisotopic (exact) mass is 265 g/mol. The maximum Gasteiger partial charge on any atom is 0.335 e. The Kier molecular flexibility index (Phi) is 7.15. The molecular formula is C15H23NO3. The van der Waals surface area contributed by atoms with Crippen molar-refractivity contribution >= 4 is 5.97 Å². The Balaban J connectivity index is 2.37. The minimum Gasteiger partial charge on any atom is -0.478 e. The van der Waals surface area contributed by atoms with Crippen molar-refractivity contribution in [2.45, 2.75) is 19.3 Å². The number of likely N-dealkylation sites (N-methyl/N-ethyl adjacent to an activating group) is 1. The van der Waals surface area contributed by atoms with Gasteiger partial charge in [0.05, 0.1) is 5.56 Å². The number of methoxy groups -OCH3 is 1. The van der Waals surface area contributed by atoms with Crippen molar-refractivity contribution in [3.63, 3.8) is 0 Å². The van der Waals surface area contributed by atoms with E-state index in [-0.39, 0.29) is 0 Å². The molecule has 0 saturated heterocycles. The third-order valence-electron chi connectivity index (χ3n) is 3.15. The number of nitrogens with zero attached hydrogens (tertiary/aromatic N) is 1. The summed E-state index contributed by atoms with van der Waals surface area (Å²) in [5, 5.41) is 9.10. The molecule has 1 aromatic carbocycles. The van der Waals surface area contributed by atoms with E-state index in [0.29, 0.717) is 5.56 Å². The van der Waals surface area contributed by atoms with Crippen LogP contribution in [0, 0.1) is 0 Å². The van der Waals surface area contributed by atoms with Crippen LogP contribution < -0.4 is 0 Å². The fourth-order valence-electron chi connectivity index (χ4n) is 2.00. The third-order valence-corrected chi connectivity index (χ3v) is 3.15. The summed E-state index contributed by atoms with van der Waals surface area (Å²) in [5.74, 6) is -0.849. The van der Waals surface area contributed by atoms with Gasteiger partial charge < -0.3 is 14.7 Å². The molecule has 4 heteroatoms. The predicted molar refractivity (Wildman–Crippen MR) is 75.7 cm³/mol. The van der Waals surface area contributed by atoms with E-state index in [4.69, 9.17) is 9.84 Å². The fourth-order valence-corrected chi connectivity index (χ4v) is 2.00. The van der Waals surface area contributed by atoms with E-state index in [1.165, 1.54) is 0 Å². The Hall–Kier alpha value is -1.39. The number of benzene rings is 1. The van der Waals surface area contributed by atoms with Crippen molar-refractivity contribution in [1.82, 2.24) is 4.90 Å². The first-order valence-electron chi connectivity index (χ1n) is 6.64. The van der Waals surface area contributed by atoms with Gasteiger partial charge >= 0.3 is 5.97 Å². The summed E-state index contributed by atoms with van der Waals surface area (Å²) >= 11 is 0.